The first-order valence-corrected chi connectivity index (χ1v) is 8.91. The molecule has 1 N–H and O–H groups in total. The molecule has 6 nitrogen and oxygen atoms in total. The molecule has 26 heavy (non-hydrogen) atoms. The largest absolute Gasteiger partial charge is 0.417 e. The average molecular weight is 399 g/mol. The maximum absolute atomic E-state index is 12.5. The van der Waals surface area contributed by atoms with Gasteiger partial charge in [-0.05, 0) is 26.0 Å². The van der Waals surface area contributed by atoms with E-state index in [2.05, 4.69) is 24.6 Å². The van der Waals surface area contributed by atoms with E-state index < -0.39 is 17.6 Å². The van der Waals surface area contributed by atoms with E-state index in [1.807, 2.05) is 13.8 Å². The van der Waals surface area contributed by atoms with Crippen LogP contribution in [0.15, 0.2) is 18.3 Å². The fourth-order valence-corrected chi connectivity index (χ4v) is 3.63. The number of halogens is 3. The molecule has 0 unspecified atom stereocenters. The third-order valence-electron chi connectivity index (χ3n) is 3.27. The predicted octanol–water partition coefficient (Wildman–Crippen LogP) is 3.87. The number of aromatic nitrogens is 4. The zero-order valence-electron chi connectivity index (χ0n) is 13.6. The molecule has 0 fully saturated rings. The van der Waals surface area contributed by atoms with Crippen molar-refractivity contribution in [1.82, 2.24) is 19.3 Å². The van der Waals surface area contributed by atoms with Crippen LogP contribution >= 0.6 is 22.9 Å². The van der Waals surface area contributed by atoms with Gasteiger partial charge >= 0.3 is 6.18 Å². The summed E-state index contributed by atoms with van der Waals surface area (Å²) in [6, 6.07) is 2.07. The lowest BCUT2D eigenvalue weighted by Gasteiger charge is -2.06. The third kappa shape index (κ3) is 4.22. The molecule has 136 valence electrons. The lowest BCUT2D eigenvalue weighted by Crippen LogP contribution is -2.15. The van der Waals surface area contributed by atoms with Crippen molar-refractivity contribution in [3.8, 4) is 10.7 Å². The van der Waals surface area contributed by atoms with Gasteiger partial charge < -0.3 is 5.32 Å². The van der Waals surface area contributed by atoms with Gasteiger partial charge in [0.2, 0.25) is 11.0 Å². The molecule has 0 radical (unpaired) electrons. The van der Waals surface area contributed by atoms with Crippen molar-refractivity contribution in [2.75, 3.05) is 5.32 Å². The molecule has 0 spiro atoms. The van der Waals surface area contributed by atoms with E-state index in [0.717, 1.165) is 33.2 Å². The minimum atomic E-state index is -4.45. The molecular formula is C15H12F3N5OS2. The highest BCUT2D eigenvalue weighted by Gasteiger charge is 2.30. The number of carbonyl (C=O) groups excluding carboxylic acids is 1. The molecule has 3 heterocycles. The summed E-state index contributed by atoms with van der Waals surface area (Å²) < 4.78 is 41.7. The van der Waals surface area contributed by atoms with Gasteiger partial charge in [0, 0.05) is 23.4 Å². The summed E-state index contributed by atoms with van der Waals surface area (Å²) in [5.74, 6) is 0.0539. The molecule has 0 bridgehead atoms. The molecule has 0 aliphatic carbocycles. The Balaban J connectivity index is 1.65. The first-order valence-electron chi connectivity index (χ1n) is 7.32. The van der Waals surface area contributed by atoms with E-state index in [0.29, 0.717) is 17.2 Å². The van der Waals surface area contributed by atoms with Crippen molar-refractivity contribution in [2.24, 2.45) is 0 Å². The molecule has 3 rings (SSSR count). The van der Waals surface area contributed by atoms with Crippen molar-refractivity contribution in [3.63, 3.8) is 0 Å². The van der Waals surface area contributed by atoms with Gasteiger partial charge in [-0.3, -0.25) is 9.78 Å². The van der Waals surface area contributed by atoms with Gasteiger partial charge in [0.05, 0.1) is 27.6 Å². The highest BCUT2D eigenvalue weighted by atomic mass is 32.1. The van der Waals surface area contributed by atoms with Crippen LogP contribution in [0.1, 0.15) is 22.0 Å². The number of hydrogen-bond acceptors (Lipinski definition) is 7. The minimum absolute atomic E-state index is 0.161. The zero-order chi connectivity index (χ0) is 18.9. The van der Waals surface area contributed by atoms with Crippen LogP contribution in [-0.4, -0.2) is 25.2 Å². The van der Waals surface area contributed by atoms with Gasteiger partial charge in [-0.15, -0.1) is 11.3 Å². The van der Waals surface area contributed by atoms with E-state index in [4.69, 9.17) is 0 Å². The lowest BCUT2D eigenvalue weighted by atomic mass is 10.2. The Labute approximate surface area is 154 Å². The lowest BCUT2D eigenvalue weighted by molar-refractivity contribution is -0.137. The van der Waals surface area contributed by atoms with E-state index in [-0.39, 0.29) is 12.1 Å². The first kappa shape index (κ1) is 18.4. The summed E-state index contributed by atoms with van der Waals surface area (Å²) in [6.45, 7) is 3.74. The Kier molecular flexibility index (Phi) is 5.01. The Morgan fingerprint density at radius 3 is 2.58 bits per heavy atom. The number of pyridine rings is 1. The molecule has 0 aliphatic heterocycles. The maximum atomic E-state index is 12.5. The molecule has 0 aliphatic rings. The predicted molar refractivity (Wildman–Crippen MR) is 92.1 cm³/mol. The van der Waals surface area contributed by atoms with Gasteiger partial charge in [0.25, 0.3) is 0 Å². The number of aryl methyl sites for hydroxylation is 2. The number of hydrogen-bond donors (Lipinski definition) is 1. The number of thiazole rings is 1. The molecule has 0 saturated carbocycles. The maximum Gasteiger partial charge on any atom is 0.417 e. The Morgan fingerprint density at radius 2 is 2.00 bits per heavy atom. The number of nitrogens with zero attached hydrogens (tertiary/aromatic N) is 4. The summed E-state index contributed by atoms with van der Waals surface area (Å²) in [5, 5.41) is 3.78. The third-order valence-corrected chi connectivity index (χ3v) is 4.97. The van der Waals surface area contributed by atoms with Gasteiger partial charge in [-0.2, -0.15) is 22.5 Å². The fourth-order valence-electron chi connectivity index (χ4n) is 2.13. The standard InChI is InChI=1S/C15H12F3N5OS2/c1-7-12(25-8(2)20-7)13-22-14(26-23-13)21-11(24)5-10-4-3-9(6-19-10)15(16,17)18/h3-4,6H,5H2,1-2H3,(H,21,22,23,24). The van der Waals surface area contributed by atoms with Crippen LogP contribution in [0, 0.1) is 13.8 Å². The molecule has 3 aromatic rings. The number of rotatable bonds is 4. The van der Waals surface area contributed by atoms with E-state index in [1.165, 1.54) is 17.4 Å². The number of alkyl halides is 3. The van der Waals surface area contributed by atoms with Crippen LogP contribution in [0.25, 0.3) is 10.7 Å². The quantitative estimate of drug-likeness (QED) is 0.720. The number of amides is 1. The van der Waals surface area contributed by atoms with E-state index in [1.54, 1.807) is 0 Å². The number of carbonyl (C=O) groups is 1. The minimum Gasteiger partial charge on any atom is -0.300 e. The number of anilines is 1. The van der Waals surface area contributed by atoms with Crippen molar-refractivity contribution >= 4 is 33.9 Å². The monoisotopic (exact) mass is 399 g/mol. The highest BCUT2D eigenvalue weighted by molar-refractivity contribution is 7.15. The van der Waals surface area contributed by atoms with Gasteiger partial charge in [-0.25, -0.2) is 4.98 Å². The van der Waals surface area contributed by atoms with Crippen LogP contribution in [0.4, 0.5) is 18.3 Å². The van der Waals surface area contributed by atoms with Crippen molar-refractivity contribution in [1.29, 1.82) is 0 Å². The van der Waals surface area contributed by atoms with Crippen LogP contribution in [-0.2, 0) is 17.4 Å². The molecule has 1 amide bonds. The summed E-state index contributed by atoms with van der Waals surface area (Å²) in [5.41, 5.74) is 0.192. The fraction of sp³-hybridized carbons (Fsp3) is 0.267. The SMILES string of the molecule is Cc1nc(C)c(-c2nsc(NC(=O)Cc3ccc(C(F)(F)F)cn3)n2)s1. The molecular weight excluding hydrogens is 387 g/mol. The second-order valence-electron chi connectivity index (χ2n) is 5.33. The van der Waals surface area contributed by atoms with Crippen LogP contribution in [0.5, 0.6) is 0 Å². The summed E-state index contributed by atoms with van der Waals surface area (Å²) in [4.78, 5) is 25.1. The van der Waals surface area contributed by atoms with Crippen LogP contribution in [0.3, 0.4) is 0 Å². The van der Waals surface area contributed by atoms with Crippen LogP contribution < -0.4 is 5.32 Å². The second-order valence-corrected chi connectivity index (χ2v) is 7.29. The summed E-state index contributed by atoms with van der Waals surface area (Å²) in [7, 11) is 0. The van der Waals surface area contributed by atoms with Gasteiger partial charge in [-0.1, -0.05) is 0 Å². The van der Waals surface area contributed by atoms with Gasteiger partial charge in [0.1, 0.15) is 0 Å². The normalized spacial score (nSPS) is 11.6. The second kappa shape index (κ2) is 7.08. The summed E-state index contributed by atoms with van der Waals surface area (Å²) in [6.07, 6.45) is -3.91. The molecule has 0 aromatic carbocycles. The smallest absolute Gasteiger partial charge is 0.300 e. The molecule has 0 atom stereocenters. The highest BCUT2D eigenvalue weighted by Crippen LogP contribution is 2.30. The van der Waals surface area contributed by atoms with Crippen LogP contribution in [0.2, 0.25) is 0 Å². The topological polar surface area (TPSA) is 80.7 Å². The Morgan fingerprint density at radius 1 is 1.23 bits per heavy atom. The average Bonchev–Trinajstić information content (AvgIpc) is 3.12. The Bertz CT molecular complexity index is 934. The number of nitrogens with one attached hydrogen (secondary N) is 1. The molecule has 0 saturated heterocycles. The molecule has 11 heteroatoms. The molecule has 3 aromatic heterocycles. The van der Waals surface area contributed by atoms with E-state index in [9.17, 15) is 18.0 Å². The van der Waals surface area contributed by atoms with Crippen molar-refractivity contribution < 1.29 is 18.0 Å². The summed E-state index contributed by atoms with van der Waals surface area (Å²) >= 11 is 2.49. The van der Waals surface area contributed by atoms with Crippen molar-refractivity contribution in [2.45, 2.75) is 26.4 Å². The Hall–Kier alpha value is -2.40. The van der Waals surface area contributed by atoms with E-state index >= 15 is 0 Å². The first-order chi connectivity index (χ1) is 12.2. The van der Waals surface area contributed by atoms with Gasteiger partial charge in [0.15, 0.2) is 5.82 Å². The van der Waals surface area contributed by atoms with Crippen molar-refractivity contribution in [3.05, 3.63) is 40.3 Å². The zero-order valence-corrected chi connectivity index (χ0v) is 15.2.